The molecule has 0 unspecified atom stereocenters. The number of pyridine rings is 1. The molecule has 2 heterocycles. The van der Waals surface area contributed by atoms with Crippen molar-refractivity contribution in [3.8, 4) is 0 Å². The fraction of sp³-hybridized carbons (Fsp3) is 0.333. The number of aliphatic imine (C=N–C) groups is 1. The van der Waals surface area contributed by atoms with Gasteiger partial charge >= 0.3 is 0 Å². The first-order chi connectivity index (χ1) is 10.8. The molecular formula is C18H20ClN3. The highest BCUT2D eigenvalue weighted by Crippen LogP contribution is 2.23. The topological polar surface area (TPSA) is 28.5 Å². The molecule has 114 valence electrons. The van der Waals surface area contributed by atoms with E-state index in [-0.39, 0.29) is 0 Å². The minimum absolute atomic E-state index is 0.488. The van der Waals surface area contributed by atoms with E-state index in [0.29, 0.717) is 5.15 Å². The number of nitrogens with zero attached hydrogens (tertiary/aromatic N) is 3. The Balaban J connectivity index is 1.51. The zero-order valence-electron chi connectivity index (χ0n) is 12.6. The van der Waals surface area contributed by atoms with Crippen LogP contribution < -0.4 is 0 Å². The van der Waals surface area contributed by atoms with E-state index in [4.69, 9.17) is 11.6 Å². The van der Waals surface area contributed by atoms with Crippen molar-refractivity contribution in [2.24, 2.45) is 4.99 Å². The highest BCUT2D eigenvalue weighted by atomic mass is 35.5. The standard InChI is InChI=1S/C18H20ClN3/c19-18-17(7-4-11-20-18)21-16-9-13-22(14-10-16)12-8-15-5-2-1-3-6-15/h1-7,11H,8-10,12-14H2. The second kappa shape index (κ2) is 7.52. The van der Waals surface area contributed by atoms with Crippen LogP contribution in [0.15, 0.2) is 53.7 Å². The van der Waals surface area contributed by atoms with Gasteiger partial charge in [0.05, 0.1) is 0 Å². The average molecular weight is 314 g/mol. The molecule has 1 aromatic heterocycles. The van der Waals surface area contributed by atoms with Crippen molar-refractivity contribution >= 4 is 23.0 Å². The predicted octanol–water partition coefficient (Wildman–Crippen LogP) is 4.15. The predicted molar refractivity (Wildman–Crippen MR) is 92.2 cm³/mol. The molecule has 1 fully saturated rings. The molecule has 0 N–H and O–H groups in total. The second-order valence-corrected chi connectivity index (χ2v) is 5.93. The zero-order chi connectivity index (χ0) is 15.2. The van der Waals surface area contributed by atoms with Gasteiger partial charge in [-0.3, -0.25) is 4.99 Å². The van der Waals surface area contributed by atoms with E-state index in [0.717, 1.165) is 44.6 Å². The smallest absolute Gasteiger partial charge is 0.154 e. The third-order valence-corrected chi connectivity index (χ3v) is 4.30. The molecule has 1 aromatic carbocycles. The molecule has 0 aliphatic carbocycles. The van der Waals surface area contributed by atoms with Crippen LogP contribution in [-0.2, 0) is 6.42 Å². The molecule has 3 nitrogen and oxygen atoms in total. The summed E-state index contributed by atoms with van der Waals surface area (Å²) < 4.78 is 0. The fourth-order valence-electron chi connectivity index (χ4n) is 2.71. The van der Waals surface area contributed by atoms with E-state index >= 15 is 0 Å². The van der Waals surface area contributed by atoms with Crippen molar-refractivity contribution in [2.45, 2.75) is 19.3 Å². The Bertz CT molecular complexity index is 630. The van der Waals surface area contributed by atoms with Crippen LogP contribution in [0.25, 0.3) is 0 Å². The molecule has 22 heavy (non-hydrogen) atoms. The Morgan fingerprint density at radius 2 is 1.82 bits per heavy atom. The molecular weight excluding hydrogens is 294 g/mol. The lowest BCUT2D eigenvalue weighted by atomic mass is 10.1. The van der Waals surface area contributed by atoms with Crippen LogP contribution in [0.1, 0.15) is 18.4 Å². The van der Waals surface area contributed by atoms with E-state index < -0.39 is 0 Å². The van der Waals surface area contributed by atoms with Crippen LogP contribution in [0.4, 0.5) is 5.69 Å². The molecule has 1 aliphatic rings. The Kier molecular flexibility index (Phi) is 5.20. The molecule has 0 amide bonds. The Morgan fingerprint density at radius 3 is 2.55 bits per heavy atom. The summed E-state index contributed by atoms with van der Waals surface area (Å²) in [5, 5.41) is 0.488. The number of likely N-dealkylation sites (tertiary alicyclic amines) is 1. The van der Waals surface area contributed by atoms with Gasteiger partial charge < -0.3 is 4.90 Å². The average Bonchev–Trinajstić information content (AvgIpc) is 2.57. The largest absolute Gasteiger partial charge is 0.302 e. The molecule has 0 spiro atoms. The third-order valence-electron chi connectivity index (χ3n) is 4.01. The van der Waals surface area contributed by atoms with Gasteiger partial charge in [-0.25, -0.2) is 4.98 Å². The van der Waals surface area contributed by atoms with Gasteiger partial charge in [0.1, 0.15) is 5.69 Å². The van der Waals surface area contributed by atoms with E-state index in [1.165, 1.54) is 11.3 Å². The Hall–Kier alpha value is -1.71. The minimum atomic E-state index is 0.488. The molecule has 0 bridgehead atoms. The summed E-state index contributed by atoms with van der Waals surface area (Å²) in [6.07, 6.45) is 4.83. The number of hydrogen-bond donors (Lipinski definition) is 0. The third kappa shape index (κ3) is 4.15. The molecule has 4 heteroatoms. The second-order valence-electron chi connectivity index (χ2n) is 5.57. The maximum Gasteiger partial charge on any atom is 0.154 e. The number of aromatic nitrogens is 1. The number of halogens is 1. The minimum Gasteiger partial charge on any atom is -0.302 e. The van der Waals surface area contributed by atoms with Crippen molar-refractivity contribution < 1.29 is 0 Å². The number of hydrogen-bond acceptors (Lipinski definition) is 3. The van der Waals surface area contributed by atoms with Gasteiger partial charge in [-0.05, 0) is 37.0 Å². The summed E-state index contributed by atoms with van der Waals surface area (Å²) in [5.41, 5.74) is 3.42. The van der Waals surface area contributed by atoms with Gasteiger partial charge in [0, 0.05) is 31.5 Å². The summed E-state index contributed by atoms with van der Waals surface area (Å²) in [5.74, 6) is 0. The lowest BCUT2D eigenvalue weighted by Crippen LogP contribution is -2.35. The molecule has 3 rings (SSSR count). The van der Waals surface area contributed by atoms with Crippen molar-refractivity contribution in [3.05, 3.63) is 59.4 Å². The lowest BCUT2D eigenvalue weighted by molar-refractivity contribution is 0.278. The van der Waals surface area contributed by atoms with E-state index in [1.54, 1.807) is 6.20 Å². The van der Waals surface area contributed by atoms with E-state index in [9.17, 15) is 0 Å². The maximum absolute atomic E-state index is 6.06. The van der Waals surface area contributed by atoms with Gasteiger partial charge in [-0.2, -0.15) is 0 Å². The molecule has 1 aliphatic heterocycles. The SMILES string of the molecule is Clc1ncccc1N=C1CCN(CCc2ccccc2)CC1. The summed E-state index contributed by atoms with van der Waals surface area (Å²) >= 11 is 6.06. The molecule has 1 saturated heterocycles. The van der Waals surface area contributed by atoms with Crippen molar-refractivity contribution in [1.82, 2.24) is 9.88 Å². The fourth-order valence-corrected chi connectivity index (χ4v) is 2.87. The highest BCUT2D eigenvalue weighted by molar-refractivity contribution is 6.31. The quantitative estimate of drug-likeness (QED) is 0.793. The van der Waals surface area contributed by atoms with Gasteiger partial charge in [0.15, 0.2) is 5.15 Å². The van der Waals surface area contributed by atoms with Crippen LogP contribution in [0.5, 0.6) is 0 Å². The van der Waals surface area contributed by atoms with Crippen LogP contribution in [-0.4, -0.2) is 35.2 Å². The number of benzene rings is 1. The maximum atomic E-state index is 6.06. The highest BCUT2D eigenvalue weighted by Gasteiger charge is 2.15. The summed E-state index contributed by atoms with van der Waals surface area (Å²) in [6.45, 7) is 3.26. The first-order valence-electron chi connectivity index (χ1n) is 7.74. The molecule has 2 aromatic rings. The summed E-state index contributed by atoms with van der Waals surface area (Å²) in [7, 11) is 0. The van der Waals surface area contributed by atoms with E-state index in [1.807, 2.05) is 12.1 Å². The van der Waals surface area contributed by atoms with Gasteiger partial charge in [0.2, 0.25) is 0 Å². The number of rotatable bonds is 4. The Morgan fingerprint density at radius 1 is 1.05 bits per heavy atom. The van der Waals surface area contributed by atoms with Crippen LogP contribution in [0.3, 0.4) is 0 Å². The first-order valence-corrected chi connectivity index (χ1v) is 8.12. The van der Waals surface area contributed by atoms with Gasteiger partial charge in [0.25, 0.3) is 0 Å². The van der Waals surface area contributed by atoms with Crippen molar-refractivity contribution in [2.75, 3.05) is 19.6 Å². The normalized spacial score (nSPS) is 15.8. The van der Waals surface area contributed by atoms with Crippen molar-refractivity contribution in [1.29, 1.82) is 0 Å². The zero-order valence-corrected chi connectivity index (χ0v) is 13.3. The first kappa shape index (κ1) is 15.2. The monoisotopic (exact) mass is 313 g/mol. The van der Waals surface area contributed by atoms with Crippen LogP contribution in [0.2, 0.25) is 5.15 Å². The molecule has 0 atom stereocenters. The van der Waals surface area contributed by atoms with Crippen molar-refractivity contribution in [3.63, 3.8) is 0 Å². The van der Waals surface area contributed by atoms with Gasteiger partial charge in [-0.1, -0.05) is 41.9 Å². The summed E-state index contributed by atoms with van der Waals surface area (Å²) in [4.78, 5) is 11.2. The molecule has 0 saturated carbocycles. The van der Waals surface area contributed by atoms with E-state index in [2.05, 4.69) is 45.2 Å². The van der Waals surface area contributed by atoms with Crippen LogP contribution in [0, 0.1) is 0 Å². The summed E-state index contributed by atoms with van der Waals surface area (Å²) in [6, 6.07) is 14.5. The van der Waals surface area contributed by atoms with Gasteiger partial charge in [-0.15, -0.1) is 0 Å². The van der Waals surface area contributed by atoms with Crippen LogP contribution >= 0.6 is 11.6 Å². The lowest BCUT2D eigenvalue weighted by Gasteiger charge is -2.27. The Labute approximate surface area is 136 Å². The molecule has 0 radical (unpaired) electrons. The number of piperidine rings is 1.